The van der Waals surface area contributed by atoms with Crippen molar-refractivity contribution in [1.29, 1.82) is 0 Å². The van der Waals surface area contributed by atoms with Crippen LogP contribution in [0.5, 0.6) is 0 Å². The highest BCUT2D eigenvalue weighted by Gasteiger charge is 2.27. The van der Waals surface area contributed by atoms with Crippen LogP contribution in [-0.4, -0.2) is 31.4 Å². The molecule has 0 N–H and O–H groups in total. The highest BCUT2D eigenvalue weighted by Crippen LogP contribution is 2.19. The van der Waals surface area contributed by atoms with Crippen LogP contribution >= 0.6 is 11.8 Å². The Morgan fingerprint density at radius 2 is 1.88 bits per heavy atom. The van der Waals surface area contributed by atoms with Crippen LogP contribution in [0.25, 0.3) is 0 Å². The largest absolute Gasteiger partial charge is 0.411 e. The predicted molar refractivity (Wildman–Crippen MR) is 59.4 cm³/mol. The molecule has 0 aliphatic rings. The molecule has 0 heterocycles. The maximum absolute atomic E-state index is 11.7. The maximum atomic E-state index is 11.7. The SMILES string of the molecule is O=Cc1ccc(SCCOCC(F)(F)F)cc1. The number of carbonyl (C=O) groups is 1. The minimum Gasteiger partial charge on any atom is -0.371 e. The zero-order valence-electron chi connectivity index (χ0n) is 8.87. The third kappa shape index (κ3) is 6.33. The monoisotopic (exact) mass is 264 g/mol. The second-order valence-electron chi connectivity index (χ2n) is 3.20. The lowest BCUT2D eigenvalue weighted by Crippen LogP contribution is -2.17. The smallest absolute Gasteiger partial charge is 0.371 e. The molecule has 0 saturated heterocycles. The van der Waals surface area contributed by atoms with E-state index in [1.54, 1.807) is 24.3 Å². The third-order valence-corrected chi connectivity index (χ3v) is 2.75. The number of thioether (sulfide) groups is 1. The van der Waals surface area contributed by atoms with Gasteiger partial charge in [0.1, 0.15) is 12.9 Å². The molecular formula is C11H11F3O2S. The van der Waals surface area contributed by atoms with Gasteiger partial charge in [-0.25, -0.2) is 0 Å². The quantitative estimate of drug-likeness (QED) is 0.448. The van der Waals surface area contributed by atoms with E-state index in [2.05, 4.69) is 4.74 Å². The van der Waals surface area contributed by atoms with E-state index in [1.165, 1.54) is 11.8 Å². The molecule has 0 saturated carbocycles. The lowest BCUT2D eigenvalue weighted by molar-refractivity contribution is -0.172. The van der Waals surface area contributed by atoms with Gasteiger partial charge in [-0.15, -0.1) is 11.8 Å². The van der Waals surface area contributed by atoms with Crippen molar-refractivity contribution < 1.29 is 22.7 Å². The van der Waals surface area contributed by atoms with Gasteiger partial charge >= 0.3 is 6.18 Å². The molecule has 0 spiro atoms. The summed E-state index contributed by atoms with van der Waals surface area (Å²) < 4.78 is 39.6. The molecule has 1 aromatic rings. The van der Waals surface area contributed by atoms with Crippen molar-refractivity contribution >= 4 is 18.0 Å². The minimum absolute atomic E-state index is 0.0413. The average molecular weight is 264 g/mol. The van der Waals surface area contributed by atoms with Gasteiger partial charge in [-0.05, 0) is 12.1 Å². The average Bonchev–Trinajstić information content (AvgIpc) is 2.28. The summed E-state index contributed by atoms with van der Waals surface area (Å²) in [5, 5.41) is 0. The summed E-state index contributed by atoms with van der Waals surface area (Å²) >= 11 is 1.38. The van der Waals surface area contributed by atoms with Gasteiger partial charge in [-0.1, -0.05) is 12.1 Å². The molecule has 0 amide bonds. The molecule has 0 bridgehead atoms. The summed E-state index contributed by atoms with van der Waals surface area (Å²) in [6.07, 6.45) is -3.53. The Morgan fingerprint density at radius 3 is 2.41 bits per heavy atom. The van der Waals surface area contributed by atoms with E-state index in [0.717, 1.165) is 11.2 Å². The van der Waals surface area contributed by atoms with E-state index in [9.17, 15) is 18.0 Å². The summed E-state index contributed by atoms with van der Waals surface area (Å²) in [5.74, 6) is 0.441. The molecule has 0 aromatic heterocycles. The molecule has 1 aromatic carbocycles. The van der Waals surface area contributed by atoms with Crippen molar-refractivity contribution in [2.75, 3.05) is 19.0 Å². The van der Waals surface area contributed by atoms with Gasteiger partial charge in [0.05, 0.1) is 6.61 Å². The molecule has 0 radical (unpaired) electrons. The Balaban J connectivity index is 2.20. The van der Waals surface area contributed by atoms with Crippen molar-refractivity contribution in [3.05, 3.63) is 29.8 Å². The fourth-order valence-electron chi connectivity index (χ4n) is 1.05. The minimum atomic E-state index is -4.27. The van der Waals surface area contributed by atoms with E-state index in [1.807, 2.05) is 0 Å². The molecule has 6 heteroatoms. The van der Waals surface area contributed by atoms with E-state index in [-0.39, 0.29) is 6.61 Å². The Hall–Kier alpha value is -1.01. The lowest BCUT2D eigenvalue weighted by Gasteiger charge is -2.07. The van der Waals surface area contributed by atoms with Gasteiger partial charge in [-0.3, -0.25) is 4.79 Å². The van der Waals surface area contributed by atoms with Crippen molar-refractivity contribution in [1.82, 2.24) is 0 Å². The zero-order chi connectivity index (χ0) is 12.7. The number of alkyl halides is 3. The van der Waals surface area contributed by atoms with Crippen molar-refractivity contribution in [3.63, 3.8) is 0 Å². The predicted octanol–water partition coefficient (Wildman–Crippen LogP) is 3.17. The number of hydrogen-bond acceptors (Lipinski definition) is 3. The van der Waals surface area contributed by atoms with E-state index < -0.39 is 12.8 Å². The van der Waals surface area contributed by atoms with E-state index >= 15 is 0 Å². The number of carbonyl (C=O) groups excluding carboxylic acids is 1. The van der Waals surface area contributed by atoms with Crippen molar-refractivity contribution in [3.8, 4) is 0 Å². The summed E-state index contributed by atoms with van der Waals surface area (Å²) in [5.41, 5.74) is 0.572. The topological polar surface area (TPSA) is 26.3 Å². The first-order chi connectivity index (χ1) is 8.01. The number of aldehydes is 1. The second-order valence-corrected chi connectivity index (χ2v) is 4.37. The number of rotatable bonds is 6. The van der Waals surface area contributed by atoms with Crippen LogP contribution in [0.3, 0.4) is 0 Å². The van der Waals surface area contributed by atoms with E-state index in [0.29, 0.717) is 11.3 Å². The summed E-state index contributed by atoms with van der Waals surface area (Å²) in [4.78, 5) is 11.3. The van der Waals surface area contributed by atoms with Gasteiger partial charge in [0.2, 0.25) is 0 Å². The van der Waals surface area contributed by atoms with Crippen molar-refractivity contribution in [2.24, 2.45) is 0 Å². The van der Waals surface area contributed by atoms with Crippen LogP contribution in [0.1, 0.15) is 10.4 Å². The molecular weight excluding hydrogens is 253 g/mol. The molecule has 94 valence electrons. The molecule has 0 atom stereocenters. The Bertz CT molecular complexity index is 349. The Labute approximate surface area is 101 Å². The first kappa shape index (κ1) is 14.1. The van der Waals surface area contributed by atoms with Crippen LogP contribution < -0.4 is 0 Å². The Kier molecular flexibility index (Phi) is 5.50. The molecule has 0 unspecified atom stereocenters. The fraction of sp³-hybridized carbons (Fsp3) is 0.364. The van der Waals surface area contributed by atoms with Crippen molar-refractivity contribution in [2.45, 2.75) is 11.1 Å². The highest BCUT2D eigenvalue weighted by atomic mass is 32.2. The third-order valence-electron chi connectivity index (χ3n) is 1.78. The van der Waals surface area contributed by atoms with E-state index in [4.69, 9.17) is 0 Å². The van der Waals surface area contributed by atoms with Gasteiger partial charge in [0.15, 0.2) is 0 Å². The number of halogens is 3. The van der Waals surface area contributed by atoms with Gasteiger partial charge < -0.3 is 4.74 Å². The Morgan fingerprint density at radius 1 is 1.24 bits per heavy atom. The first-order valence-electron chi connectivity index (χ1n) is 4.84. The number of ether oxygens (including phenoxy) is 1. The summed E-state index contributed by atoms with van der Waals surface area (Å²) in [6, 6.07) is 6.81. The van der Waals surface area contributed by atoms with Crippen LogP contribution in [0.4, 0.5) is 13.2 Å². The number of hydrogen-bond donors (Lipinski definition) is 0. The van der Waals surface area contributed by atoms with Crippen LogP contribution in [0.2, 0.25) is 0 Å². The fourth-order valence-corrected chi connectivity index (χ4v) is 1.81. The first-order valence-corrected chi connectivity index (χ1v) is 5.82. The normalized spacial score (nSPS) is 11.5. The van der Waals surface area contributed by atoms with Gasteiger partial charge in [-0.2, -0.15) is 13.2 Å². The second kappa shape index (κ2) is 6.66. The maximum Gasteiger partial charge on any atom is 0.411 e. The summed E-state index contributed by atoms with van der Waals surface area (Å²) in [6.45, 7) is -1.17. The number of benzene rings is 1. The van der Waals surface area contributed by atoms with Gasteiger partial charge in [0.25, 0.3) is 0 Å². The van der Waals surface area contributed by atoms with Crippen LogP contribution in [0, 0.1) is 0 Å². The molecule has 1 rings (SSSR count). The van der Waals surface area contributed by atoms with Crippen LogP contribution in [0.15, 0.2) is 29.2 Å². The molecule has 2 nitrogen and oxygen atoms in total. The zero-order valence-corrected chi connectivity index (χ0v) is 9.68. The summed E-state index contributed by atoms with van der Waals surface area (Å²) in [7, 11) is 0. The standard InChI is InChI=1S/C11H11F3O2S/c12-11(13,14)8-16-5-6-17-10-3-1-9(7-15)2-4-10/h1-4,7H,5-6,8H2. The molecule has 0 aliphatic heterocycles. The highest BCUT2D eigenvalue weighted by molar-refractivity contribution is 7.99. The molecule has 0 aliphatic carbocycles. The molecule has 17 heavy (non-hydrogen) atoms. The van der Waals surface area contributed by atoms with Crippen LogP contribution in [-0.2, 0) is 4.74 Å². The lowest BCUT2D eigenvalue weighted by atomic mass is 10.2. The molecule has 0 fully saturated rings. The van der Waals surface area contributed by atoms with Gasteiger partial charge in [0, 0.05) is 16.2 Å².